The maximum atomic E-state index is 2.46. The van der Waals surface area contributed by atoms with Gasteiger partial charge in [-0.3, -0.25) is 0 Å². The minimum atomic E-state index is 0.181. The highest BCUT2D eigenvalue weighted by atomic mass is 15.1. The van der Waals surface area contributed by atoms with Crippen LogP contribution in [-0.4, -0.2) is 4.57 Å². The van der Waals surface area contributed by atoms with Gasteiger partial charge in [0, 0.05) is 38.9 Å². The predicted molar refractivity (Wildman–Crippen MR) is 230 cm³/mol. The number of benzene rings is 8. The normalized spacial score (nSPS) is 19.4. The summed E-state index contributed by atoms with van der Waals surface area (Å²) >= 11 is 0. The predicted octanol–water partition coefficient (Wildman–Crippen LogP) is 14.2. The van der Waals surface area contributed by atoms with Crippen LogP contribution in [0.2, 0.25) is 0 Å². The molecule has 12 rings (SSSR count). The molecular weight excluding hydrogens is 665 g/mol. The van der Waals surface area contributed by atoms with Crippen molar-refractivity contribution in [2.75, 3.05) is 4.90 Å². The van der Waals surface area contributed by atoms with Gasteiger partial charge < -0.3 is 9.47 Å². The van der Waals surface area contributed by atoms with Crippen LogP contribution in [0.5, 0.6) is 0 Å². The Hall–Kier alpha value is -6.38. The van der Waals surface area contributed by atoms with Crippen molar-refractivity contribution in [1.29, 1.82) is 0 Å². The van der Waals surface area contributed by atoms with Gasteiger partial charge in [0.15, 0.2) is 0 Å². The van der Waals surface area contributed by atoms with Crippen molar-refractivity contribution in [2.24, 2.45) is 11.8 Å². The van der Waals surface area contributed by atoms with Gasteiger partial charge in [-0.05, 0) is 136 Å². The summed E-state index contributed by atoms with van der Waals surface area (Å²) < 4.78 is 2.39. The molecule has 0 amide bonds. The number of nitrogens with zero attached hydrogens (tertiary/aromatic N) is 2. The molecule has 3 unspecified atom stereocenters. The summed E-state index contributed by atoms with van der Waals surface area (Å²) in [5, 5.41) is 4.97. The van der Waals surface area contributed by atoms with E-state index in [1.54, 1.807) is 11.1 Å². The number of rotatable bonds is 5. The van der Waals surface area contributed by atoms with Gasteiger partial charge in [0.1, 0.15) is 0 Å². The summed E-state index contributed by atoms with van der Waals surface area (Å²) in [4.78, 5) is 2.43. The summed E-state index contributed by atoms with van der Waals surface area (Å²) in [5.41, 5.74) is 15.9. The van der Waals surface area contributed by atoms with Crippen molar-refractivity contribution >= 4 is 49.6 Å². The lowest BCUT2D eigenvalue weighted by atomic mass is 9.66. The molecule has 2 fully saturated rings. The molecule has 1 aromatic heterocycles. The van der Waals surface area contributed by atoms with E-state index in [0.717, 1.165) is 28.9 Å². The third kappa shape index (κ3) is 4.49. The standard InChI is InChI=1S/C53H40N2/c1-2-13-40(14-3-1)55-50-20-9-7-15-45(50)47-33-43(29-30-51(47)55)54(42-28-22-36-11-4-5-12-38(36)32-42)41-26-23-37(24-27-41)44-17-10-19-49-52(44)46-16-6-8-18-48(46)53(49)34-35-21-25-39(53)31-35/h1-20,22-24,26-30,32-33,35,39H,21,25,31,34H2. The summed E-state index contributed by atoms with van der Waals surface area (Å²) in [6.07, 6.45) is 5.45. The molecule has 3 aliphatic carbocycles. The van der Waals surface area contributed by atoms with Crippen molar-refractivity contribution < 1.29 is 0 Å². The topological polar surface area (TPSA) is 8.17 Å². The molecule has 8 aromatic carbocycles. The summed E-state index contributed by atoms with van der Waals surface area (Å²) in [7, 11) is 0. The largest absolute Gasteiger partial charge is 0.310 e. The number of para-hydroxylation sites is 2. The van der Waals surface area contributed by atoms with Crippen molar-refractivity contribution in [3.8, 4) is 27.9 Å². The average molecular weight is 705 g/mol. The van der Waals surface area contributed by atoms with E-state index in [2.05, 4.69) is 191 Å². The van der Waals surface area contributed by atoms with E-state index in [9.17, 15) is 0 Å². The van der Waals surface area contributed by atoms with Gasteiger partial charge in [-0.15, -0.1) is 0 Å². The first kappa shape index (κ1) is 31.0. The van der Waals surface area contributed by atoms with E-state index in [0.29, 0.717) is 0 Å². The Morgan fingerprint density at radius 1 is 0.491 bits per heavy atom. The fourth-order valence-electron chi connectivity index (χ4n) is 11.2. The Bertz CT molecular complexity index is 2950. The molecule has 1 spiro atoms. The molecule has 3 aliphatic rings. The first-order valence-corrected chi connectivity index (χ1v) is 20.0. The van der Waals surface area contributed by atoms with Gasteiger partial charge in [0.05, 0.1) is 11.0 Å². The van der Waals surface area contributed by atoms with Gasteiger partial charge in [-0.1, -0.05) is 128 Å². The van der Waals surface area contributed by atoms with Crippen molar-refractivity contribution in [1.82, 2.24) is 4.57 Å². The van der Waals surface area contributed by atoms with Crippen LogP contribution in [0.15, 0.2) is 182 Å². The van der Waals surface area contributed by atoms with Crippen molar-refractivity contribution in [3.05, 3.63) is 193 Å². The zero-order chi connectivity index (χ0) is 36.1. The summed E-state index contributed by atoms with van der Waals surface area (Å²) in [5.74, 6) is 1.62. The van der Waals surface area contributed by atoms with Gasteiger partial charge >= 0.3 is 0 Å². The van der Waals surface area contributed by atoms with Crippen molar-refractivity contribution in [2.45, 2.75) is 31.1 Å². The average Bonchev–Trinajstić information content (AvgIpc) is 4.02. The molecule has 0 radical (unpaired) electrons. The fourth-order valence-corrected chi connectivity index (χ4v) is 11.2. The number of hydrogen-bond donors (Lipinski definition) is 0. The van der Waals surface area contributed by atoms with Crippen LogP contribution in [0, 0.1) is 11.8 Å². The molecule has 3 atom stereocenters. The van der Waals surface area contributed by atoms with Crippen LogP contribution in [0.4, 0.5) is 17.1 Å². The second-order valence-electron chi connectivity index (χ2n) is 16.1. The molecule has 0 N–H and O–H groups in total. The van der Waals surface area contributed by atoms with Crippen LogP contribution in [0.1, 0.15) is 36.8 Å². The van der Waals surface area contributed by atoms with E-state index < -0.39 is 0 Å². The van der Waals surface area contributed by atoms with E-state index in [4.69, 9.17) is 0 Å². The molecule has 2 saturated carbocycles. The van der Waals surface area contributed by atoms with Gasteiger partial charge in [-0.2, -0.15) is 0 Å². The van der Waals surface area contributed by atoms with Crippen LogP contribution >= 0.6 is 0 Å². The Morgan fingerprint density at radius 2 is 1.18 bits per heavy atom. The monoisotopic (exact) mass is 704 g/mol. The molecule has 55 heavy (non-hydrogen) atoms. The SMILES string of the molecule is c1ccc(-n2c3ccccc3c3cc(N(c4ccc(-c5cccc6c5-c5ccccc5C65CC6CCC5C6)cc4)c4ccc5ccccc5c4)ccc32)cc1. The summed E-state index contributed by atoms with van der Waals surface area (Å²) in [6.45, 7) is 0. The van der Waals surface area contributed by atoms with E-state index in [1.807, 2.05) is 0 Å². The molecule has 2 heteroatoms. The lowest BCUT2D eigenvalue weighted by molar-refractivity contribution is 0.327. The number of aromatic nitrogens is 1. The molecule has 9 aromatic rings. The minimum absolute atomic E-state index is 0.181. The quantitative estimate of drug-likeness (QED) is 0.173. The lowest BCUT2D eigenvalue weighted by Crippen LogP contribution is -2.31. The number of fused-ring (bicyclic) bond motifs is 12. The Balaban J connectivity index is 1.02. The van der Waals surface area contributed by atoms with Crippen LogP contribution in [0.25, 0.3) is 60.5 Å². The third-order valence-electron chi connectivity index (χ3n) is 13.4. The summed E-state index contributed by atoms with van der Waals surface area (Å²) in [6, 6.07) is 67.8. The van der Waals surface area contributed by atoms with Crippen LogP contribution < -0.4 is 4.90 Å². The molecule has 0 aliphatic heterocycles. The number of hydrogen-bond acceptors (Lipinski definition) is 1. The smallest absolute Gasteiger partial charge is 0.0542 e. The van der Waals surface area contributed by atoms with E-state index in [1.165, 1.54) is 86.2 Å². The Labute approximate surface area is 321 Å². The highest BCUT2D eigenvalue weighted by molar-refractivity contribution is 6.11. The van der Waals surface area contributed by atoms with Gasteiger partial charge in [0.25, 0.3) is 0 Å². The molecule has 2 nitrogen and oxygen atoms in total. The molecule has 1 heterocycles. The minimum Gasteiger partial charge on any atom is -0.310 e. The molecule has 2 bridgehead atoms. The highest BCUT2D eigenvalue weighted by Crippen LogP contribution is 2.66. The molecular formula is C53H40N2. The van der Waals surface area contributed by atoms with Gasteiger partial charge in [0.2, 0.25) is 0 Å². The van der Waals surface area contributed by atoms with E-state index >= 15 is 0 Å². The van der Waals surface area contributed by atoms with Crippen molar-refractivity contribution in [3.63, 3.8) is 0 Å². The first-order chi connectivity index (χ1) is 27.2. The second-order valence-corrected chi connectivity index (χ2v) is 16.1. The maximum Gasteiger partial charge on any atom is 0.0542 e. The second kappa shape index (κ2) is 11.8. The number of anilines is 3. The zero-order valence-corrected chi connectivity index (χ0v) is 30.7. The Kier molecular flexibility index (Phi) is 6.66. The fraction of sp³-hybridized carbons (Fsp3) is 0.132. The van der Waals surface area contributed by atoms with Crippen LogP contribution in [0.3, 0.4) is 0 Å². The third-order valence-corrected chi connectivity index (χ3v) is 13.4. The van der Waals surface area contributed by atoms with E-state index in [-0.39, 0.29) is 5.41 Å². The highest BCUT2D eigenvalue weighted by Gasteiger charge is 2.56. The maximum absolute atomic E-state index is 2.46. The van der Waals surface area contributed by atoms with Crippen LogP contribution in [-0.2, 0) is 5.41 Å². The zero-order valence-electron chi connectivity index (χ0n) is 30.7. The Morgan fingerprint density at radius 3 is 2.04 bits per heavy atom. The first-order valence-electron chi connectivity index (χ1n) is 20.0. The molecule has 262 valence electrons. The molecule has 0 saturated heterocycles. The lowest BCUT2D eigenvalue weighted by Gasteiger charge is -2.36. The van der Waals surface area contributed by atoms with Gasteiger partial charge in [-0.25, -0.2) is 0 Å².